The fourth-order valence-corrected chi connectivity index (χ4v) is 1.58. The smallest absolute Gasteiger partial charge is 0.263 e. The molecule has 2 nitrogen and oxygen atoms in total. The number of furan rings is 1. The Balaban J connectivity index is 1.88. The molecule has 2 rings (SSSR count). The minimum absolute atomic E-state index is 0.0626. The second-order valence-electron chi connectivity index (χ2n) is 3.78. The molecular weight excluding hydrogens is 224 g/mol. The number of nitrogens with one attached hydrogen (secondary N) is 1. The first-order chi connectivity index (χ1) is 8.25. The number of halogens is 2. The molecule has 0 saturated heterocycles. The highest BCUT2D eigenvalue weighted by atomic mass is 19.3. The van der Waals surface area contributed by atoms with Crippen LogP contribution in [0.4, 0.5) is 8.78 Å². The number of rotatable bonds is 5. The standard InChI is InChI=1S/C13H13F2NO/c14-13(15)12-3-1-2-10(6-12)7-16-8-11-4-5-17-9-11/h1-6,9,13,16H,7-8H2. The molecule has 0 spiro atoms. The lowest BCUT2D eigenvalue weighted by atomic mass is 10.1. The zero-order valence-electron chi connectivity index (χ0n) is 9.20. The Morgan fingerprint density at radius 3 is 2.65 bits per heavy atom. The molecule has 4 heteroatoms. The van der Waals surface area contributed by atoms with Crippen LogP contribution in [0.2, 0.25) is 0 Å². The molecule has 0 amide bonds. The summed E-state index contributed by atoms with van der Waals surface area (Å²) in [6.07, 6.45) is 0.848. The fourth-order valence-electron chi connectivity index (χ4n) is 1.58. The molecular formula is C13H13F2NO. The highest BCUT2D eigenvalue weighted by Gasteiger charge is 2.06. The Morgan fingerprint density at radius 1 is 1.12 bits per heavy atom. The normalized spacial score (nSPS) is 11.0. The van der Waals surface area contributed by atoms with Crippen LogP contribution in [0, 0.1) is 0 Å². The summed E-state index contributed by atoms with van der Waals surface area (Å²) in [6, 6.07) is 8.30. The van der Waals surface area contributed by atoms with Gasteiger partial charge in [0.2, 0.25) is 0 Å². The maximum Gasteiger partial charge on any atom is 0.263 e. The molecule has 0 unspecified atom stereocenters. The van der Waals surface area contributed by atoms with Gasteiger partial charge in [0.25, 0.3) is 6.43 Å². The van der Waals surface area contributed by atoms with E-state index in [1.807, 2.05) is 12.1 Å². The van der Waals surface area contributed by atoms with Crippen LogP contribution < -0.4 is 5.32 Å². The van der Waals surface area contributed by atoms with Crippen LogP contribution in [-0.2, 0) is 13.1 Å². The zero-order chi connectivity index (χ0) is 12.1. The van der Waals surface area contributed by atoms with E-state index >= 15 is 0 Å². The van der Waals surface area contributed by atoms with E-state index in [2.05, 4.69) is 5.32 Å². The van der Waals surface area contributed by atoms with E-state index < -0.39 is 6.43 Å². The Kier molecular flexibility index (Phi) is 3.88. The topological polar surface area (TPSA) is 25.2 Å². The van der Waals surface area contributed by atoms with Crippen molar-refractivity contribution in [1.29, 1.82) is 0 Å². The minimum Gasteiger partial charge on any atom is -0.472 e. The van der Waals surface area contributed by atoms with Crippen LogP contribution in [0.15, 0.2) is 47.3 Å². The highest BCUT2D eigenvalue weighted by Crippen LogP contribution is 2.19. The summed E-state index contributed by atoms with van der Waals surface area (Å²) in [5, 5.41) is 3.17. The van der Waals surface area contributed by atoms with E-state index in [-0.39, 0.29) is 5.56 Å². The Morgan fingerprint density at radius 2 is 1.94 bits per heavy atom. The quantitative estimate of drug-likeness (QED) is 0.860. The minimum atomic E-state index is -2.41. The lowest BCUT2D eigenvalue weighted by Crippen LogP contribution is -2.12. The van der Waals surface area contributed by atoms with Gasteiger partial charge in [-0.05, 0) is 17.7 Å². The van der Waals surface area contributed by atoms with Crippen LogP contribution >= 0.6 is 0 Å². The van der Waals surface area contributed by atoms with Gasteiger partial charge in [-0.15, -0.1) is 0 Å². The number of hydrogen-bond donors (Lipinski definition) is 1. The fraction of sp³-hybridized carbons (Fsp3) is 0.231. The van der Waals surface area contributed by atoms with Crippen LogP contribution in [0.5, 0.6) is 0 Å². The Hall–Kier alpha value is -1.68. The third-order valence-electron chi connectivity index (χ3n) is 2.44. The summed E-state index contributed by atoms with van der Waals surface area (Å²) in [6.45, 7) is 1.22. The number of hydrogen-bond acceptors (Lipinski definition) is 2. The van der Waals surface area contributed by atoms with Crippen LogP contribution in [0.25, 0.3) is 0 Å². The average molecular weight is 237 g/mol. The summed E-state index contributed by atoms with van der Waals surface area (Å²) >= 11 is 0. The van der Waals surface area contributed by atoms with Crippen LogP contribution in [-0.4, -0.2) is 0 Å². The van der Waals surface area contributed by atoms with Crippen molar-refractivity contribution in [2.45, 2.75) is 19.5 Å². The van der Waals surface area contributed by atoms with Crippen molar-refractivity contribution in [3.63, 3.8) is 0 Å². The molecule has 1 aromatic carbocycles. The molecule has 1 heterocycles. The first-order valence-electron chi connectivity index (χ1n) is 5.34. The molecule has 0 radical (unpaired) electrons. The number of benzene rings is 1. The first-order valence-corrected chi connectivity index (χ1v) is 5.34. The summed E-state index contributed by atoms with van der Waals surface area (Å²) in [7, 11) is 0. The molecule has 17 heavy (non-hydrogen) atoms. The van der Waals surface area contributed by atoms with Gasteiger partial charge in [-0.3, -0.25) is 0 Å². The number of alkyl halides is 2. The Labute approximate surface area is 98.3 Å². The molecule has 90 valence electrons. The van der Waals surface area contributed by atoms with Gasteiger partial charge in [-0.1, -0.05) is 18.2 Å². The summed E-state index contributed by atoms with van der Waals surface area (Å²) < 4.78 is 29.8. The van der Waals surface area contributed by atoms with Gasteiger partial charge in [0, 0.05) is 24.2 Å². The van der Waals surface area contributed by atoms with Crippen molar-refractivity contribution in [2.24, 2.45) is 0 Å². The molecule has 0 aliphatic rings. The maximum atomic E-state index is 12.5. The summed E-state index contributed by atoms with van der Waals surface area (Å²) in [4.78, 5) is 0. The van der Waals surface area contributed by atoms with Gasteiger partial charge < -0.3 is 9.73 Å². The summed E-state index contributed by atoms with van der Waals surface area (Å²) in [5.74, 6) is 0. The van der Waals surface area contributed by atoms with Gasteiger partial charge in [0.05, 0.1) is 12.5 Å². The van der Waals surface area contributed by atoms with E-state index in [1.165, 1.54) is 12.1 Å². The lowest BCUT2D eigenvalue weighted by molar-refractivity contribution is 0.151. The van der Waals surface area contributed by atoms with Crippen molar-refractivity contribution in [3.05, 3.63) is 59.5 Å². The van der Waals surface area contributed by atoms with Crippen molar-refractivity contribution in [3.8, 4) is 0 Å². The third kappa shape index (κ3) is 3.39. The van der Waals surface area contributed by atoms with Crippen LogP contribution in [0.1, 0.15) is 23.1 Å². The maximum absolute atomic E-state index is 12.5. The monoisotopic (exact) mass is 237 g/mol. The van der Waals surface area contributed by atoms with Crippen molar-refractivity contribution < 1.29 is 13.2 Å². The van der Waals surface area contributed by atoms with Crippen LogP contribution in [0.3, 0.4) is 0 Å². The van der Waals surface area contributed by atoms with Gasteiger partial charge in [-0.2, -0.15) is 0 Å². The Bertz CT molecular complexity index is 454. The second kappa shape index (κ2) is 5.59. The molecule has 0 saturated carbocycles. The predicted octanol–water partition coefficient (Wildman–Crippen LogP) is 3.51. The molecule has 0 fully saturated rings. The van der Waals surface area contributed by atoms with Gasteiger partial charge in [0.15, 0.2) is 0 Å². The largest absolute Gasteiger partial charge is 0.472 e. The second-order valence-corrected chi connectivity index (χ2v) is 3.78. The van der Waals surface area contributed by atoms with E-state index in [4.69, 9.17) is 4.42 Å². The van der Waals surface area contributed by atoms with Gasteiger partial charge in [0.1, 0.15) is 0 Å². The molecule has 2 aromatic rings. The molecule has 0 aliphatic carbocycles. The van der Waals surface area contributed by atoms with E-state index in [9.17, 15) is 8.78 Å². The molecule has 0 atom stereocenters. The van der Waals surface area contributed by atoms with E-state index in [1.54, 1.807) is 18.6 Å². The lowest BCUT2D eigenvalue weighted by Gasteiger charge is -2.05. The van der Waals surface area contributed by atoms with Gasteiger partial charge >= 0.3 is 0 Å². The third-order valence-corrected chi connectivity index (χ3v) is 2.44. The van der Waals surface area contributed by atoms with Crippen molar-refractivity contribution >= 4 is 0 Å². The zero-order valence-corrected chi connectivity index (χ0v) is 9.20. The van der Waals surface area contributed by atoms with Crippen molar-refractivity contribution in [2.75, 3.05) is 0 Å². The summed E-state index contributed by atoms with van der Waals surface area (Å²) in [5.41, 5.74) is 1.95. The van der Waals surface area contributed by atoms with E-state index in [0.29, 0.717) is 13.1 Å². The van der Waals surface area contributed by atoms with E-state index in [0.717, 1.165) is 11.1 Å². The first kappa shape index (κ1) is 11.8. The molecule has 1 N–H and O–H groups in total. The molecule has 1 aromatic heterocycles. The predicted molar refractivity (Wildman–Crippen MR) is 60.7 cm³/mol. The highest BCUT2D eigenvalue weighted by molar-refractivity contribution is 5.24. The van der Waals surface area contributed by atoms with Crippen molar-refractivity contribution in [1.82, 2.24) is 5.32 Å². The SMILES string of the molecule is FC(F)c1cccc(CNCc2ccoc2)c1. The average Bonchev–Trinajstić information content (AvgIpc) is 2.82. The molecule has 0 bridgehead atoms. The molecule has 0 aliphatic heterocycles. The van der Waals surface area contributed by atoms with Gasteiger partial charge in [-0.25, -0.2) is 8.78 Å².